The molecule has 0 fully saturated rings. The summed E-state index contributed by atoms with van der Waals surface area (Å²) < 4.78 is 36.8. The largest absolute Gasteiger partial charge is 0.416 e. The first kappa shape index (κ1) is 11.3. The molecule has 80 valence electrons. The Morgan fingerprint density at radius 2 is 2.00 bits per heavy atom. The van der Waals surface area contributed by atoms with E-state index in [9.17, 15) is 18.0 Å². The normalized spacial score (nSPS) is 11.9. The van der Waals surface area contributed by atoms with E-state index in [2.05, 4.69) is 0 Å². The summed E-state index contributed by atoms with van der Waals surface area (Å²) in [6.07, 6.45) is -2.14. The number of primary amides is 1. The molecule has 0 saturated heterocycles. The third kappa shape index (κ3) is 3.46. The maximum atomic E-state index is 12.3. The Balaban J connectivity index is 2.98. The number of carbonyl (C=O) groups is 1. The summed E-state index contributed by atoms with van der Waals surface area (Å²) in [5.41, 5.74) is 4.34. The summed E-state index contributed by atoms with van der Waals surface area (Å²) in [7, 11) is 0. The van der Waals surface area contributed by atoms with Crippen LogP contribution in [0.15, 0.2) is 30.3 Å². The predicted octanol–water partition coefficient (Wildman–Crippen LogP) is 2.20. The van der Waals surface area contributed by atoms with Crippen molar-refractivity contribution in [3.05, 3.63) is 41.5 Å². The molecule has 15 heavy (non-hydrogen) atoms. The van der Waals surface area contributed by atoms with Crippen molar-refractivity contribution in [1.82, 2.24) is 0 Å². The van der Waals surface area contributed by atoms with E-state index in [1.165, 1.54) is 18.2 Å². The van der Waals surface area contributed by atoms with Crippen molar-refractivity contribution in [2.75, 3.05) is 0 Å². The smallest absolute Gasteiger partial charge is 0.366 e. The summed E-state index contributed by atoms with van der Waals surface area (Å²) in [4.78, 5) is 10.4. The van der Waals surface area contributed by atoms with E-state index in [4.69, 9.17) is 5.73 Å². The van der Waals surface area contributed by atoms with E-state index < -0.39 is 17.6 Å². The highest BCUT2D eigenvalue weighted by atomic mass is 19.4. The van der Waals surface area contributed by atoms with Crippen LogP contribution in [0.4, 0.5) is 13.2 Å². The van der Waals surface area contributed by atoms with Crippen molar-refractivity contribution in [1.29, 1.82) is 0 Å². The van der Waals surface area contributed by atoms with Crippen LogP contribution in [0, 0.1) is 0 Å². The minimum atomic E-state index is -4.38. The van der Waals surface area contributed by atoms with Gasteiger partial charge in [-0.05, 0) is 23.8 Å². The Labute approximate surface area is 84.2 Å². The molecule has 0 atom stereocenters. The van der Waals surface area contributed by atoms with Gasteiger partial charge >= 0.3 is 6.18 Å². The molecule has 1 aromatic carbocycles. The predicted molar refractivity (Wildman–Crippen MR) is 49.7 cm³/mol. The molecule has 2 nitrogen and oxygen atoms in total. The molecule has 0 unspecified atom stereocenters. The Kier molecular flexibility index (Phi) is 3.14. The molecule has 0 heterocycles. The van der Waals surface area contributed by atoms with Crippen molar-refractivity contribution in [2.24, 2.45) is 5.73 Å². The first-order chi connectivity index (χ1) is 6.89. The molecule has 1 rings (SSSR count). The number of carbonyl (C=O) groups excluding carboxylic acids is 1. The maximum absolute atomic E-state index is 12.3. The number of hydrogen-bond acceptors (Lipinski definition) is 1. The summed E-state index contributed by atoms with van der Waals surface area (Å²) in [5.74, 6) is -0.701. The lowest BCUT2D eigenvalue weighted by atomic mass is 10.1. The van der Waals surface area contributed by atoms with E-state index in [1.807, 2.05) is 0 Å². The topological polar surface area (TPSA) is 43.1 Å². The number of rotatable bonds is 2. The van der Waals surface area contributed by atoms with Crippen LogP contribution in [-0.4, -0.2) is 5.91 Å². The zero-order chi connectivity index (χ0) is 11.5. The van der Waals surface area contributed by atoms with E-state index >= 15 is 0 Å². The SMILES string of the molecule is NC(=O)/C=C\c1cccc(C(F)(F)F)c1. The third-order valence-corrected chi connectivity index (χ3v) is 1.65. The summed E-state index contributed by atoms with van der Waals surface area (Å²) in [6, 6.07) is 4.62. The number of alkyl halides is 3. The zero-order valence-corrected chi connectivity index (χ0v) is 7.58. The van der Waals surface area contributed by atoms with Crippen LogP contribution in [-0.2, 0) is 11.0 Å². The summed E-state index contributed by atoms with van der Waals surface area (Å²) in [5, 5.41) is 0. The average Bonchev–Trinajstić information content (AvgIpc) is 2.14. The van der Waals surface area contributed by atoms with E-state index in [1.54, 1.807) is 0 Å². The molecule has 0 saturated carbocycles. The quantitative estimate of drug-likeness (QED) is 0.755. The number of hydrogen-bond donors (Lipinski definition) is 1. The van der Waals surface area contributed by atoms with Gasteiger partial charge < -0.3 is 5.73 Å². The minimum Gasteiger partial charge on any atom is -0.366 e. The molecule has 1 aromatic rings. The van der Waals surface area contributed by atoms with Gasteiger partial charge in [0.25, 0.3) is 0 Å². The van der Waals surface area contributed by atoms with Gasteiger partial charge in [-0.25, -0.2) is 0 Å². The van der Waals surface area contributed by atoms with Crippen LogP contribution in [0.2, 0.25) is 0 Å². The number of amides is 1. The van der Waals surface area contributed by atoms with Gasteiger partial charge in [0.2, 0.25) is 5.91 Å². The summed E-state index contributed by atoms with van der Waals surface area (Å²) in [6.45, 7) is 0. The molecule has 0 aliphatic rings. The van der Waals surface area contributed by atoms with Gasteiger partial charge in [0, 0.05) is 6.08 Å². The van der Waals surface area contributed by atoms with Crippen LogP contribution < -0.4 is 5.73 Å². The van der Waals surface area contributed by atoms with Gasteiger partial charge in [-0.1, -0.05) is 12.1 Å². The number of benzene rings is 1. The molecule has 0 spiro atoms. The maximum Gasteiger partial charge on any atom is 0.416 e. The highest BCUT2D eigenvalue weighted by Crippen LogP contribution is 2.29. The Hall–Kier alpha value is -1.78. The van der Waals surface area contributed by atoms with Gasteiger partial charge in [-0.15, -0.1) is 0 Å². The third-order valence-electron chi connectivity index (χ3n) is 1.65. The van der Waals surface area contributed by atoms with E-state index in [0.29, 0.717) is 0 Å². The van der Waals surface area contributed by atoms with Crippen LogP contribution in [0.1, 0.15) is 11.1 Å². The minimum absolute atomic E-state index is 0.281. The second-order valence-corrected chi connectivity index (χ2v) is 2.86. The molecule has 0 radical (unpaired) electrons. The van der Waals surface area contributed by atoms with Crippen molar-refractivity contribution in [2.45, 2.75) is 6.18 Å². The van der Waals surface area contributed by atoms with Crippen LogP contribution in [0.5, 0.6) is 0 Å². The van der Waals surface area contributed by atoms with Crippen molar-refractivity contribution >= 4 is 12.0 Å². The fourth-order valence-electron chi connectivity index (χ4n) is 0.997. The molecular weight excluding hydrogens is 207 g/mol. The lowest BCUT2D eigenvalue weighted by Gasteiger charge is -2.06. The Morgan fingerprint density at radius 3 is 2.53 bits per heavy atom. The van der Waals surface area contributed by atoms with Crippen molar-refractivity contribution in [3.63, 3.8) is 0 Å². The van der Waals surface area contributed by atoms with E-state index in [-0.39, 0.29) is 5.56 Å². The standard InChI is InChI=1S/C10H8F3NO/c11-10(12,13)8-3-1-2-7(6-8)4-5-9(14)15/h1-6H,(H2,14,15)/b5-4-. The first-order valence-electron chi connectivity index (χ1n) is 4.04. The molecule has 0 bridgehead atoms. The van der Waals surface area contributed by atoms with Crippen LogP contribution in [0.25, 0.3) is 6.08 Å². The van der Waals surface area contributed by atoms with Gasteiger partial charge in [-0.2, -0.15) is 13.2 Å². The molecule has 1 amide bonds. The second-order valence-electron chi connectivity index (χ2n) is 2.86. The second kappa shape index (κ2) is 4.16. The van der Waals surface area contributed by atoms with Crippen molar-refractivity contribution in [3.8, 4) is 0 Å². The highest BCUT2D eigenvalue weighted by molar-refractivity contribution is 5.90. The van der Waals surface area contributed by atoms with Gasteiger partial charge in [0.15, 0.2) is 0 Å². The van der Waals surface area contributed by atoms with Crippen molar-refractivity contribution < 1.29 is 18.0 Å². The summed E-state index contributed by atoms with van der Waals surface area (Å²) >= 11 is 0. The fourth-order valence-corrected chi connectivity index (χ4v) is 0.997. The lowest BCUT2D eigenvalue weighted by Crippen LogP contribution is -2.06. The molecule has 5 heteroatoms. The fraction of sp³-hybridized carbons (Fsp3) is 0.100. The van der Waals surface area contributed by atoms with Gasteiger partial charge in [0.1, 0.15) is 0 Å². The average molecular weight is 215 g/mol. The molecular formula is C10H8F3NO. The monoisotopic (exact) mass is 215 g/mol. The number of nitrogens with two attached hydrogens (primary N) is 1. The van der Waals surface area contributed by atoms with Gasteiger partial charge in [0.05, 0.1) is 5.56 Å². The Morgan fingerprint density at radius 1 is 1.33 bits per heavy atom. The lowest BCUT2D eigenvalue weighted by molar-refractivity contribution is -0.137. The molecule has 0 aliphatic carbocycles. The molecule has 0 aliphatic heterocycles. The van der Waals surface area contributed by atoms with E-state index in [0.717, 1.165) is 18.2 Å². The highest BCUT2D eigenvalue weighted by Gasteiger charge is 2.30. The number of halogens is 3. The van der Waals surface area contributed by atoms with Crippen LogP contribution >= 0.6 is 0 Å². The zero-order valence-electron chi connectivity index (χ0n) is 7.58. The molecule has 0 aromatic heterocycles. The molecule has 2 N–H and O–H groups in total. The first-order valence-corrected chi connectivity index (χ1v) is 4.04. The Bertz CT molecular complexity index is 396. The van der Waals surface area contributed by atoms with Crippen LogP contribution in [0.3, 0.4) is 0 Å². The van der Waals surface area contributed by atoms with Gasteiger partial charge in [-0.3, -0.25) is 4.79 Å².